The van der Waals surface area contributed by atoms with Crippen molar-refractivity contribution >= 4 is 39.1 Å². The normalized spacial score (nSPS) is 14.8. The maximum Gasteiger partial charge on any atom is 0.244 e. The molecular formula is C26H34ClN3O5S. The average molecular weight is 536 g/mol. The highest BCUT2D eigenvalue weighted by molar-refractivity contribution is 7.92. The van der Waals surface area contributed by atoms with Gasteiger partial charge in [0.2, 0.25) is 21.8 Å². The molecule has 8 nitrogen and oxygen atoms in total. The van der Waals surface area contributed by atoms with Gasteiger partial charge in [-0.25, -0.2) is 8.42 Å². The number of sulfonamides is 1. The predicted octanol–water partition coefficient (Wildman–Crippen LogP) is 3.90. The highest BCUT2D eigenvalue weighted by atomic mass is 35.5. The minimum Gasteiger partial charge on any atom is -0.497 e. The van der Waals surface area contributed by atoms with Crippen molar-refractivity contribution in [3.8, 4) is 5.75 Å². The third-order valence-electron chi connectivity index (χ3n) is 6.54. The van der Waals surface area contributed by atoms with Crippen LogP contribution in [0.15, 0.2) is 42.5 Å². The molecule has 2 aromatic rings. The Hall–Kier alpha value is -2.78. The summed E-state index contributed by atoms with van der Waals surface area (Å²) in [4.78, 5) is 28.2. The number of nitrogens with one attached hydrogen (secondary N) is 1. The molecule has 0 spiro atoms. The molecule has 0 aromatic heterocycles. The number of benzene rings is 2. The maximum atomic E-state index is 13.7. The molecule has 1 aliphatic rings. The lowest BCUT2D eigenvalue weighted by molar-refractivity contribution is -0.139. The van der Waals surface area contributed by atoms with Gasteiger partial charge in [-0.05, 0) is 62.1 Å². The number of hydrogen-bond donors (Lipinski definition) is 1. The van der Waals surface area contributed by atoms with Crippen molar-refractivity contribution in [3.05, 3.63) is 58.6 Å². The largest absolute Gasteiger partial charge is 0.497 e. The highest BCUT2D eigenvalue weighted by Crippen LogP contribution is 2.28. The Labute approximate surface area is 218 Å². The summed E-state index contributed by atoms with van der Waals surface area (Å²) in [6.07, 6.45) is 5.00. The molecule has 0 unspecified atom stereocenters. The zero-order valence-corrected chi connectivity index (χ0v) is 22.7. The molecule has 196 valence electrons. The molecule has 10 heteroatoms. The maximum absolute atomic E-state index is 13.7. The fourth-order valence-electron chi connectivity index (χ4n) is 4.40. The lowest BCUT2D eigenvalue weighted by Crippen LogP contribution is -2.52. The van der Waals surface area contributed by atoms with E-state index in [1.54, 1.807) is 57.4 Å². The monoisotopic (exact) mass is 535 g/mol. The van der Waals surface area contributed by atoms with Crippen molar-refractivity contribution < 1.29 is 22.7 Å². The van der Waals surface area contributed by atoms with Crippen molar-refractivity contribution in [1.29, 1.82) is 0 Å². The van der Waals surface area contributed by atoms with Crippen LogP contribution in [-0.4, -0.2) is 57.1 Å². The second-order valence-electron chi connectivity index (χ2n) is 9.19. The van der Waals surface area contributed by atoms with E-state index >= 15 is 0 Å². The number of carbonyl (C=O) groups excluding carboxylic acids is 2. The van der Waals surface area contributed by atoms with Crippen LogP contribution in [0.1, 0.15) is 43.7 Å². The topological polar surface area (TPSA) is 96.0 Å². The quantitative estimate of drug-likeness (QED) is 0.498. The molecule has 0 aliphatic heterocycles. The SMILES string of the molecule is COc1cccc(CN(C(=O)CN(c2cccc(Cl)c2C)S(C)(=O)=O)[C@@H](C)C(=O)NC2CCCC2)c1. The number of nitrogens with zero attached hydrogens (tertiary/aromatic N) is 2. The standard InChI is InChI=1S/C26H34ClN3O5S/c1-18-23(27)13-8-14-24(18)30(36(4,33)34)17-25(31)29(16-20-9-7-12-22(15-20)35-3)19(2)26(32)28-21-10-5-6-11-21/h7-9,12-15,19,21H,5-6,10-11,16-17H2,1-4H3,(H,28,32)/t19-/m0/s1. The molecule has 2 amide bonds. The zero-order valence-electron chi connectivity index (χ0n) is 21.2. The van der Waals surface area contributed by atoms with Gasteiger partial charge in [0, 0.05) is 17.6 Å². The number of methoxy groups -OCH3 is 1. The van der Waals surface area contributed by atoms with Crippen LogP contribution >= 0.6 is 11.6 Å². The molecule has 0 radical (unpaired) electrons. The minimum atomic E-state index is -3.83. The summed E-state index contributed by atoms with van der Waals surface area (Å²) in [6, 6.07) is 11.4. The second-order valence-corrected chi connectivity index (χ2v) is 11.5. The summed E-state index contributed by atoms with van der Waals surface area (Å²) in [5.41, 5.74) is 1.62. The second kappa shape index (κ2) is 12.0. The van der Waals surface area contributed by atoms with Gasteiger partial charge in [0.25, 0.3) is 0 Å². The first-order chi connectivity index (χ1) is 17.0. The fraction of sp³-hybridized carbons (Fsp3) is 0.462. The first-order valence-corrected chi connectivity index (χ1v) is 14.2. The number of rotatable bonds is 10. The van der Waals surface area contributed by atoms with Crippen LogP contribution in [0.25, 0.3) is 0 Å². The third kappa shape index (κ3) is 6.91. The van der Waals surface area contributed by atoms with Crippen molar-refractivity contribution in [2.75, 3.05) is 24.2 Å². The van der Waals surface area contributed by atoms with Crippen LogP contribution in [0.2, 0.25) is 5.02 Å². The van der Waals surface area contributed by atoms with Gasteiger partial charge in [-0.3, -0.25) is 13.9 Å². The van der Waals surface area contributed by atoms with Crippen molar-refractivity contribution in [1.82, 2.24) is 10.2 Å². The van der Waals surface area contributed by atoms with E-state index in [0.717, 1.165) is 41.8 Å². The summed E-state index contributed by atoms with van der Waals surface area (Å²) in [6.45, 7) is 3.01. The van der Waals surface area contributed by atoms with Crippen LogP contribution in [-0.2, 0) is 26.2 Å². The van der Waals surface area contributed by atoms with Gasteiger partial charge in [-0.1, -0.05) is 42.6 Å². The van der Waals surface area contributed by atoms with Crippen molar-refractivity contribution in [2.24, 2.45) is 0 Å². The number of ether oxygens (including phenoxy) is 1. The van der Waals surface area contributed by atoms with Gasteiger partial charge < -0.3 is 15.0 Å². The van der Waals surface area contributed by atoms with Crippen LogP contribution in [0.3, 0.4) is 0 Å². The van der Waals surface area contributed by atoms with Crippen LogP contribution < -0.4 is 14.4 Å². The van der Waals surface area contributed by atoms with Crippen LogP contribution in [0, 0.1) is 6.92 Å². The van der Waals surface area contributed by atoms with E-state index in [1.807, 2.05) is 6.07 Å². The van der Waals surface area contributed by atoms with Gasteiger partial charge in [0.15, 0.2) is 0 Å². The van der Waals surface area contributed by atoms with E-state index in [4.69, 9.17) is 16.3 Å². The molecule has 0 saturated heterocycles. The molecule has 1 fully saturated rings. The van der Waals surface area contributed by atoms with E-state index in [0.29, 0.717) is 22.0 Å². The Bertz CT molecular complexity index is 1200. The minimum absolute atomic E-state index is 0.0929. The first-order valence-electron chi connectivity index (χ1n) is 12.0. The summed E-state index contributed by atoms with van der Waals surface area (Å²) < 4.78 is 31.8. The number of hydrogen-bond acceptors (Lipinski definition) is 5. The molecule has 0 heterocycles. The summed E-state index contributed by atoms with van der Waals surface area (Å²) in [5, 5.41) is 3.44. The molecule has 3 rings (SSSR count). The van der Waals surface area contributed by atoms with Crippen molar-refractivity contribution in [2.45, 2.75) is 58.2 Å². The first kappa shape index (κ1) is 27.8. The highest BCUT2D eigenvalue weighted by Gasteiger charge is 2.32. The predicted molar refractivity (Wildman–Crippen MR) is 142 cm³/mol. The Morgan fingerprint density at radius 3 is 2.47 bits per heavy atom. The third-order valence-corrected chi connectivity index (χ3v) is 8.08. The van der Waals surface area contributed by atoms with Gasteiger partial charge >= 0.3 is 0 Å². The van der Waals surface area contributed by atoms with E-state index in [1.165, 1.54) is 4.90 Å². The molecule has 1 N–H and O–H groups in total. The number of carbonyl (C=O) groups is 2. The lowest BCUT2D eigenvalue weighted by Gasteiger charge is -2.32. The van der Waals surface area contributed by atoms with Gasteiger partial charge in [0.05, 0.1) is 19.1 Å². The van der Waals surface area contributed by atoms with E-state index < -0.39 is 28.5 Å². The van der Waals surface area contributed by atoms with Gasteiger partial charge in [0.1, 0.15) is 18.3 Å². The Morgan fingerprint density at radius 2 is 1.83 bits per heavy atom. The van der Waals surface area contributed by atoms with Crippen LogP contribution in [0.5, 0.6) is 5.75 Å². The molecule has 2 aromatic carbocycles. The summed E-state index contributed by atoms with van der Waals surface area (Å²) in [5.74, 6) is -0.144. The Morgan fingerprint density at radius 1 is 1.17 bits per heavy atom. The lowest BCUT2D eigenvalue weighted by atomic mass is 10.1. The van der Waals surface area contributed by atoms with E-state index in [2.05, 4.69) is 5.32 Å². The smallest absolute Gasteiger partial charge is 0.244 e. The Kier molecular flexibility index (Phi) is 9.24. The molecule has 1 atom stereocenters. The number of halogens is 1. The van der Waals surface area contributed by atoms with E-state index in [-0.39, 0.29) is 18.5 Å². The average Bonchev–Trinajstić information content (AvgIpc) is 3.35. The molecular weight excluding hydrogens is 502 g/mol. The zero-order chi connectivity index (χ0) is 26.5. The number of amides is 2. The molecule has 36 heavy (non-hydrogen) atoms. The van der Waals surface area contributed by atoms with E-state index in [9.17, 15) is 18.0 Å². The van der Waals surface area contributed by atoms with Crippen LogP contribution in [0.4, 0.5) is 5.69 Å². The summed E-state index contributed by atoms with van der Waals surface area (Å²) in [7, 11) is -2.27. The molecule has 1 saturated carbocycles. The number of anilines is 1. The molecule has 0 bridgehead atoms. The summed E-state index contributed by atoms with van der Waals surface area (Å²) >= 11 is 6.23. The van der Waals surface area contributed by atoms with Gasteiger partial charge in [-0.15, -0.1) is 0 Å². The fourth-order valence-corrected chi connectivity index (χ4v) is 5.47. The molecule has 1 aliphatic carbocycles. The van der Waals surface area contributed by atoms with Crippen molar-refractivity contribution in [3.63, 3.8) is 0 Å². The Balaban J connectivity index is 1.92. The van der Waals surface area contributed by atoms with Gasteiger partial charge in [-0.2, -0.15) is 0 Å².